The van der Waals surface area contributed by atoms with E-state index in [1.807, 2.05) is 17.9 Å². The van der Waals surface area contributed by atoms with Crippen molar-refractivity contribution in [3.63, 3.8) is 0 Å². The van der Waals surface area contributed by atoms with Crippen molar-refractivity contribution < 1.29 is 8.42 Å². The zero-order valence-corrected chi connectivity index (χ0v) is 19.3. The minimum atomic E-state index is -2.81. The van der Waals surface area contributed by atoms with E-state index in [2.05, 4.69) is 33.3 Å². The molecule has 0 radical (unpaired) electrons. The molecule has 0 bridgehead atoms. The number of guanidine groups is 1. The summed E-state index contributed by atoms with van der Waals surface area (Å²) < 4.78 is 24.9. The molecule has 1 aromatic heterocycles. The summed E-state index contributed by atoms with van der Waals surface area (Å²) in [6, 6.07) is 0. The van der Waals surface area contributed by atoms with Gasteiger partial charge in [-0.15, -0.1) is 24.0 Å². The number of nitrogens with zero attached hydrogens (tertiary/aromatic N) is 5. The molecule has 0 amide bonds. The highest BCUT2D eigenvalue weighted by Crippen LogP contribution is 2.26. The second kappa shape index (κ2) is 10.1. The number of aryl methyl sites for hydroxylation is 1. The average Bonchev–Trinajstić information content (AvgIpc) is 3.24. The molecule has 0 aliphatic carbocycles. The summed E-state index contributed by atoms with van der Waals surface area (Å²) >= 11 is 0. The number of likely N-dealkylation sites (tertiary alicyclic amines) is 1. The molecule has 8 nitrogen and oxygen atoms in total. The van der Waals surface area contributed by atoms with Gasteiger partial charge >= 0.3 is 0 Å². The molecule has 27 heavy (non-hydrogen) atoms. The minimum absolute atomic E-state index is 0. The van der Waals surface area contributed by atoms with Gasteiger partial charge in [-0.05, 0) is 18.9 Å². The first-order chi connectivity index (χ1) is 12.5. The lowest BCUT2D eigenvalue weighted by Crippen LogP contribution is -2.43. The van der Waals surface area contributed by atoms with Crippen molar-refractivity contribution in [1.82, 2.24) is 24.9 Å². The van der Waals surface area contributed by atoms with Crippen LogP contribution >= 0.6 is 24.0 Å². The molecule has 3 rings (SSSR count). The Kier molecular flexibility index (Phi) is 8.35. The van der Waals surface area contributed by atoms with Crippen LogP contribution in [0.5, 0.6) is 0 Å². The maximum absolute atomic E-state index is 11.5. The van der Waals surface area contributed by atoms with Gasteiger partial charge in [0.15, 0.2) is 15.8 Å². The summed E-state index contributed by atoms with van der Waals surface area (Å²) in [5.74, 6) is 2.01. The van der Waals surface area contributed by atoms with E-state index >= 15 is 0 Å². The molecule has 154 valence electrons. The van der Waals surface area contributed by atoms with Crippen molar-refractivity contribution in [2.75, 3.05) is 57.3 Å². The third-order valence-corrected chi connectivity index (χ3v) is 6.74. The summed E-state index contributed by atoms with van der Waals surface area (Å²) in [6.07, 6.45) is 5.17. The summed E-state index contributed by atoms with van der Waals surface area (Å²) in [4.78, 5) is 9.29. The molecule has 2 fully saturated rings. The zero-order valence-electron chi connectivity index (χ0n) is 16.2. The first-order valence-electron chi connectivity index (χ1n) is 9.41. The SMILES string of the molecule is CCNC(=NCCN1CCS(=O)(=O)CC1)N1CCC(c2cnn(C)c2)C1.I. The van der Waals surface area contributed by atoms with E-state index in [1.165, 1.54) is 5.56 Å². The van der Waals surface area contributed by atoms with Crippen LogP contribution in [0.2, 0.25) is 0 Å². The van der Waals surface area contributed by atoms with Crippen LogP contribution in [0.3, 0.4) is 0 Å². The highest BCUT2D eigenvalue weighted by molar-refractivity contribution is 14.0. The molecule has 1 N–H and O–H groups in total. The summed E-state index contributed by atoms with van der Waals surface area (Å²) in [5.41, 5.74) is 1.29. The number of aromatic nitrogens is 2. The Morgan fingerprint density at radius 2 is 2.07 bits per heavy atom. The summed E-state index contributed by atoms with van der Waals surface area (Å²) in [5, 5.41) is 7.68. The molecular weight excluding hydrogens is 479 g/mol. The maximum atomic E-state index is 11.5. The molecule has 2 aliphatic rings. The lowest BCUT2D eigenvalue weighted by Gasteiger charge is -2.26. The number of nitrogens with one attached hydrogen (secondary N) is 1. The molecule has 0 saturated carbocycles. The summed E-state index contributed by atoms with van der Waals surface area (Å²) in [7, 11) is -0.862. The first kappa shape index (κ1) is 22.4. The minimum Gasteiger partial charge on any atom is -0.357 e. The van der Waals surface area contributed by atoms with E-state index in [4.69, 9.17) is 4.99 Å². The smallest absolute Gasteiger partial charge is 0.193 e. The van der Waals surface area contributed by atoms with Crippen molar-refractivity contribution in [2.45, 2.75) is 19.3 Å². The Balaban J connectivity index is 0.00000261. The molecule has 2 saturated heterocycles. The maximum Gasteiger partial charge on any atom is 0.193 e. The standard InChI is InChI=1S/C17H30N6O2S.HI/c1-3-18-17(19-5-7-22-8-10-26(24,25)11-9-22)23-6-4-15(14-23)16-12-20-21(2)13-16;/h12-13,15H,3-11,14H2,1-2H3,(H,18,19);1H. The van der Waals surface area contributed by atoms with Crippen molar-refractivity contribution in [3.05, 3.63) is 18.0 Å². The van der Waals surface area contributed by atoms with Gasteiger partial charge in [0.25, 0.3) is 0 Å². The Labute approximate surface area is 179 Å². The molecule has 1 unspecified atom stereocenters. The quantitative estimate of drug-likeness (QED) is 0.354. The van der Waals surface area contributed by atoms with Crippen molar-refractivity contribution in [2.24, 2.45) is 12.0 Å². The van der Waals surface area contributed by atoms with Gasteiger partial charge < -0.3 is 10.2 Å². The molecule has 1 aromatic rings. The Bertz CT molecular complexity index is 722. The first-order valence-corrected chi connectivity index (χ1v) is 11.2. The number of aliphatic imine (C=N–C) groups is 1. The van der Waals surface area contributed by atoms with E-state index in [9.17, 15) is 8.42 Å². The van der Waals surface area contributed by atoms with E-state index in [0.717, 1.165) is 38.6 Å². The fourth-order valence-electron chi connectivity index (χ4n) is 3.57. The number of hydrogen-bond acceptors (Lipinski definition) is 5. The topological polar surface area (TPSA) is 82.8 Å². The van der Waals surface area contributed by atoms with E-state index in [-0.39, 0.29) is 35.5 Å². The molecule has 0 aromatic carbocycles. The van der Waals surface area contributed by atoms with Crippen LogP contribution in [-0.2, 0) is 16.9 Å². The van der Waals surface area contributed by atoms with Crippen LogP contribution in [0.15, 0.2) is 17.4 Å². The van der Waals surface area contributed by atoms with Crippen molar-refractivity contribution in [3.8, 4) is 0 Å². The largest absolute Gasteiger partial charge is 0.357 e. The molecule has 2 aliphatic heterocycles. The number of halogens is 1. The predicted octanol–water partition coefficient (Wildman–Crippen LogP) is 0.523. The van der Waals surface area contributed by atoms with Gasteiger partial charge in [-0.25, -0.2) is 8.42 Å². The second-order valence-electron chi connectivity index (χ2n) is 7.11. The third kappa shape index (κ3) is 6.31. The molecule has 0 spiro atoms. The van der Waals surface area contributed by atoms with E-state index in [0.29, 0.717) is 25.6 Å². The Morgan fingerprint density at radius 3 is 2.70 bits per heavy atom. The average molecular weight is 510 g/mol. The van der Waals surface area contributed by atoms with Gasteiger partial charge in [-0.1, -0.05) is 0 Å². The molecule has 1 atom stereocenters. The molecular formula is C17H31IN6O2S. The van der Waals surface area contributed by atoms with Crippen molar-refractivity contribution >= 4 is 39.8 Å². The normalized spacial score (nSPS) is 23.3. The van der Waals surface area contributed by atoms with Crippen LogP contribution in [0.1, 0.15) is 24.8 Å². The molecule has 10 heteroatoms. The third-order valence-electron chi connectivity index (χ3n) is 5.13. The van der Waals surface area contributed by atoms with Crippen LogP contribution in [0.25, 0.3) is 0 Å². The second-order valence-corrected chi connectivity index (χ2v) is 9.41. The van der Waals surface area contributed by atoms with Gasteiger partial charge in [0, 0.05) is 58.4 Å². The fraction of sp³-hybridized carbons (Fsp3) is 0.765. The Morgan fingerprint density at radius 1 is 1.33 bits per heavy atom. The summed E-state index contributed by atoms with van der Waals surface area (Å²) in [6.45, 7) is 7.63. The fourth-order valence-corrected chi connectivity index (χ4v) is 4.85. The highest BCUT2D eigenvalue weighted by atomic mass is 127. The van der Waals surface area contributed by atoms with E-state index < -0.39 is 9.84 Å². The lowest BCUT2D eigenvalue weighted by molar-refractivity contribution is 0.303. The van der Waals surface area contributed by atoms with Crippen LogP contribution < -0.4 is 5.32 Å². The number of hydrogen-bond donors (Lipinski definition) is 1. The van der Waals surface area contributed by atoms with E-state index in [1.54, 1.807) is 0 Å². The van der Waals surface area contributed by atoms with Crippen LogP contribution in [0, 0.1) is 0 Å². The van der Waals surface area contributed by atoms with Gasteiger partial charge in [-0.3, -0.25) is 14.6 Å². The van der Waals surface area contributed by atoms with Crippen LogP contribution in [0.4, 0.5) is 0 Å². The van der Waals surface area contributed by atoms with Gasteiger partial charge in [0.1, 0.15) is 0 Å². The number of sulfone groups is 1. The Hall–Kier alpha value is -0.880. The molecule has 3 heterocycles. The van der Waals surface area contributed by atoms with Gasteiger partial charge in [-0.2, -0.15) is 5.10 Å². The predicted molar refractivity (Wildman–Crippen MR) is 119 cm³/mol. The zero-order chi connectivity index (χ0) is 18.6. The van der Waals surface area contributed by atoms with Crippen LogP contribution in [-0.4, -0.2) is 91.3 Å². The van der Waals surface area contributed by atoms with Crippen molar-refractivity contribution in [1.29, 1.82) is 0 Å². The number of rotatable bonds is 5. The monoisotopic (exact) mass is 510 g/mol. The highest BCUT2D eigenvalue weighted by Gasteiger charge is 2.27. The van der Waals surface area contributed by atoms with Gasteiger partial charge in [0.2, 0.25) is 0 Å². The van der Waals surface area contributed by atoms with Gasteiger partial charge in [0.05, 0.1) is 24.2 Å². The lowest BCUT2D eigenvalue weighted by atomic mass is 10.0.